The van der Waals surface area contributed by atoms with E-state index in [-0.39, 0.29) is 6.42 Å². The highest BCUT2D eigenvalue weighted by Crippen LogP contribution is 2.34. The number of halogens is 1. The fraction of sp³-hybridized carbons (Fsp3) is 0.364. The van der Waals surface area contributed by atoms with Gasteiger partial charge in [-0.2, -0.15) is 5.26 Å². The lowest BCUT2D eigenvalue weighted by molar-refractivity contribution is -0.161. The van der Waals surface area contributed by atoms with Gasteiger partial charge in [0.1, 0.15) is 0 Å². The molecule has 0 aromatic heterocycles. The van der Waals surface area contributed by atoms with Crippen LogP contribution in [0.1, 0.15) is 12.0 Å². The summed E-state index contributed by atoms with van der Waals surface area (Å²) in [5.41, 5.74) is 0.839. The Kier molecular flexibility index (Phi) is 2.92. The Bertz CT molecular complexity index is 377. The molecule has 0 spiro atoms. The van der Waals surface area contributed by atoms with Crippen molar-refractivity contribution in [2.24, 2.45) is 0 Å². The van der Waals surface area contributed by atoms with Crippen LogP contribution in [0.25, 0.3) is 0 Å². The second-order valence-electron chi connectivity index (χ2n) is 3.29. The highest BCUT2D eigenvalue weighted by atomic mass is 35.5. The van der Waals surface area contributed by atoms with E-state index in [1.807, 2.05) is 12.1 Å². The van der Waals surface area contributed by atoms with E-state index in [0.717, 1.165) is 5.56 Å². The Balaban J connectivity index is 2.33. The fourth-order valence-corrected chi connectivity index (χ4v) is 1.76. The summed E-state index contributed by atoms with van der Waals surface area (Å²) in [6.07, 6.45) is 0.189. The molecule has 0 N–H and O–H groups in total. The predicted octanol–water partition coefficient (Wildman–Crippen LogP) is 2.45. The normalized spacial score (nSPS) is 18.7. The van der Waals surface area contributed by atoms with Crippen LogP contribution in [-0.4, -0.2) is 13.2 Å². The van der Waals surface area contributed by atoms with Gasteiger partial charge in [0.05, 0.1) is 25.7 Å². The predicted molar refractivity (Wildman–Crippen MR) is 55.3 cm³/mol. The zero-order valence-electron chi connectivity index (χ0n) is 8.07. The summed E-state index contributed by atoms with van der Waals surface area (Å²) in [7, 11) is 0. The van der Waals surface area contributed by atoms with Gasteiger partial charge < -0.3 is 9.47 Å². The second-order valence-corrected chi connectivity index (χ2v) is 3.73. The molecule has 15 heavy (non-hydrogen) atoms. The molecule has 0 radical (unpaired) electrons. The number of hydrogen-bond acceptors (Lipinski definition) is 3. The van der Waals surface area contributed by atoms with E-state index in [1.54, 1.807) is 12.1 Å². The van der Waals surface area contributed by atoms with E-state index in [9.17, 15) is 0 Å². The van der Waals surface area contributed by atoms with Crippen LogP contribution in [0.3, 0.4) is 0 Å². The van der Waals surface area contributed by atoms with Crippen molar-refractivity contribution in [2.45, 2.75) is 12.2 Å². The number of nitriles is 1. The lowest BCUT2D eigenvalue weighted by atomic mass is 10.0. The molecule has 1 aliphatic rings. The topological polar surface area (TPSA) is 42.2 Å². The maximum atomic E-state index is 8.77. The molecule has 0 amide bonds. The van der Waals surface area contributed by atoms with Crippen molar-refractivity contribution in [3.8, 4) is 6.07 Å². The summed E-state index contributed by atoms with van der Waals surface area (Å²) in [5.74, 6) is -0.890. The highest BCUT2D eigenvalue weighted by molar-refractivity contribution is 6.30. The number of ether oxygens (including phenoxy) is 2. The molecule has 78 valence electrons. The number of nitrogens with zero attached hydrogens (tertiary/aromatic N) is 1. The first kappa shape index (κ1) is 10.4. The molecule has 2 rings (SSSR count). The van der Waals surface area contributed by atoms with Crippen LogP contribution in [0.4, 0.5) is 0 Å². The van der Waals surface area contributed by atoms with Gasteiger partial charge in [0.25, 0.3) is 0 Å². The first-order valence-electron chi connectivity index (χ1n) is 4.68. The largest absolute Gasteiger partial charge is 0.343 e. The minimum atomic E-state index is -0.890. The smallest absolute Gasteiger partial charge is 0.208 e. The van der Waals surface area contributed by atoms with Crippen LogP contribution in [-0.2, 0) is 15.3 Å². The average Bonchev–Trinajstić information content (AvgIpc) is 2.69. The number of benzene rings is 1. The zero-order chi connectivity index (χ0) is 10.7. The van der Waals surface area contributed by atoms with Crippen molar-refractivity contribution < 1.29 is 9.47 Å². The van der Waals surface area contributed by atoms with E-state index in [2.05, 4.69) is 6.07 Å². The Morgan fingerprint density at radius 2 is 1.87 bits per heavy atom. The maximum Gasteiger partial charge on any atom is 0.208 e. The lowest BCUT2D eigenvalue weighted by Gasteiger charge is -2.24. The van der Waals surface area contributed by atoms with Gasteiger partial charge in [-0.05, 0) is 12.1 Å². The molecule has 3 nitrogen and oxygen atoms in total. The monoisotopic (exact) mass is 223 g/mol. The molecule has 0 bridgehead atoms. The van der Waals surface area contributed by atoms with Crippen molar-refractivity contribution in [3.05, 3.63) is 34.9 Å². The van der Waals surface area contributed by atoms with Crippen LogP contribution in [0.15, 0.2) is 24.3 Å². The van der Waals surface area contributed by atoms with Crippen molar-refractivity contribution in [1.82, 2.24) is 0 Å². The van der Waals surface area contributed by atoms with Gasteiger partial charge in [-0.1, -0.05) is 23.7 Å². The molecule has 1 fully saturated rings. The van der Waals surface area contributed by atoms with E-state index in [4.69, 9.17) is 26.3 Å². The summed E-state index contributed by atoms with van der Waals surface area (Å²) in [4.78, 5) is 0. The summed E-state index contributed by atoms with van der Waals surface area (Å²) < 4.78 is 11.0. The third kappa shape index (κ3) is 1.98. The van der Waals surface area contributed by atoms with Crippen LogP contribution in [0.2, 0.25) is 5.02 Å². The summed E-state index contributed by atoms with van der Waals surface area (Å²) in [5, 5.41) is 9.43. The van der Waals surface area contributed by atoms with Gasteiger partial charge in [0, 0.05) is 10.6 Å². The van der Waals surface area contributed by atoms with Gasteiger partial charge in [0.2, 0.25) is 5.79 Å². The molecule has 1 aromatic carbocycles. The molecule has 0 atom stereocenters. The summed E-state index contributed by atoms with van der Waals surface area (Å²) in [6.45, 7) is 1.04. The Morgan fingerprint density at radius 3 is 2.40 bits per heavy atom. The molecule has 1 aromatic rings. The van der Waals surface area contributed by atoms with Crippen LogP contribution < -0.4 is 0 Å². The average molecular weight is 224 g/mol. The van der Waals surface area contributed by atoms with Crippen LogP contribution >= 0.6 is 11.6 Å². The van der Waals surface area contributed by atoms with E-state index in [1.165, 1.54) is 0 Å². The molecule has 1 aliphatic heterocycles. The number of hydrogen-bond donors (Lipinski definition) is 0. The van der Waals surface area contributed by atoms with Crippen LogP contribution in [0, 0.1) is 11.3 Å². The SMILES string of the molecule is N#CCC1(c2ccc(Cl)cc2)OCCO1. The van der Waals surface area contributed by atoms with E-state index < -0.39 is 5.79 Å². The first-order chi connectivity index (χ1) is 7.27. The Morgan fingerprint density at radius 1 is 1.27 bits per heavy atom. The molecule has 0 aliphatic carbocycles. The Hall–Kier alpha value is -1.08. The summed E-state index contributed by atoms with van der Waals surface area (Å²) >= 11 is 5.79. The van der Waals surface area contributed by atoms with Crippen molar-refractivity contribution in [1.29, 1.82) is 5.26 Å². The van der Waals surface area contributed by atoms with Crippen molar-refractivity contribution in [2.75, 3.05) is 13.2 Å². The van der Waals surface area contributed by atoms with Gasteiger partial charge in [-0.15, -0.1) is 0 Å². The minimum Gasteiger partial charge on any atom is -0.343 e. The Labute approximate surface area is 93.2 Å². The molecule has 4 heteroatoms. The summed E-state index contributed by atoms with van der Waals surface area (Å²) in [6, 6.07) is 9.26. The van der Waals surface area contributed by atoms with Gasteiger partial charge in [-0.3, -0.25) is 0 Å². The third-order valence-electron chi connectivity index (χ3n) is 2.35. The van der Waals surface area contributed by atoms with Gasteiger partial charge in [0.15, 0.2) is 0 Å². The fourth-order valence-electron chi connectivity index (χ4n) is 1.63. The first-order valence-corrected chi connectivity index (χ1v) is 5.05. The van der Waals surface area contributed by atoms with Crippen molar-refractivity contribution >= 4 is 11.6 Å². The van der Waals surface area contributed by atoms with Gasteiger partial charge in [-0.25, -0.2) is 0 Å². The maximum absolute atomic E-state index is 8.77. The molecule has 0 unspecified atom stereocenters. The molecular weight excluding hydrogens is 214 g/mol. The molecular formula is C11H10ClNO2. The molecule has 1 saturated heterocycles. The van der Waals surface area contributed by atoms with E-state index >= 15 is 0 Å². The minimum absolute atomic E-state index is 0.189. The highest BCUT2D eigenvalue weighted by Gasteiger charge is 2.38. The standard InChI is InChI=1S/C11H10ClNO2/c12-10-3-1-9(2-4-10)11(5-6-13)14-7-8-15-11/h1-4H,5,7-8H2. The van der Waals surface area contributed by atoms with Crippen molar-refractivity contribution in [3.63, 3.8) is 0 Å². The quantitative estimate of drug-likeness (QED) is 0.774. The molecule has 1 heterocycles. The lowest BCUT2D eigenvalue weighted by Crippen LogP contribution is -2.26. The number of rotatable bonds is 2. The molecule has 0 saturated carbocycles. The second kappa shape index (κ2) is 4.19. The zero-order valence-corrected chi connectivity index (χ0v) is 8.83. The van der Waals surface area contributed by atoms with Gasteiger partial charge >= 0.3 is 0 Å². The van der Waals surface area contributed by atoms with Crippen LogP contribution in [0.5, 0.6) is 0 Å². The third-order valence-corrected chi connectivity index (χ3v) is 2.60. The van der Waals surface area contributed by atoms with E-state index in [0.29, 0.717) is 18.2 Å².